The second kappa shape index (κ2) is 7.99. The van der Waals surface area contributed by atoms with E-state index in [1.54, 1.807) is 0 Å². The summed E-state index contributed by atoms with van der Waals surface area (Å²) in [7, 11) is 0. The summed E-state index contributed by atoms with van der Waals surface area (Å²) < 4.78 is 11.8. The highest BCUT2D eigenvalue weighted by Gasteiger charge is 2.29. The Bertz CT molecular complexity index is 503. The molecule has 0 aliphatic carbocycles. The van der Waals surface area contributed by atoms with Gasteiger partial charge in [0.25, 0.3) is 0 Å². The maximum Gasteiger partial charge on any atom is 0.162 e. The Kier molecular flexibility index (Phi) is 5.75. The molecule has 2 atom stereocenters. The molecule has 0 aromatic heterocycles. The summed E-state index contributed by atoms with van der Waals surface area (Å²) in [4.78, 5) is 2.28. The van der Waals surface area contributed by atoms with Gasteiger partial charge in [-0.15, -0.1) is 0 Å². The normalized spacial score (nSPS) is 22.8. The van der Waals surface area contributed by atoms with Crippen LogP contribution in [0.4, 0.5) is 0 Å². The van der Waals surface area contributed by atoms with Gasteiger partial charge in [0, 0.05) is 32.7 Å². The minimum Gasteiger partial charge on any atom is -0.486 e. The van der Waals surface area contributed by atoms with Crippen LogP contribution in [0.2, 0.25) is 0 Å². The van der Waals surface area contributed by atoms with E-state index in [0.29, 0.717) is 13.2 Å². The van der Waals surface area contributed by atoms with Crippen LogP contribution in [0.15, 0.2) is 18.2 Å². The molecule has 0 saturated carbocycles. The fourth-order valence-corrected chi connectivity index (χ4v) is 3.13. The molecule has 2 unspecified atom stereocenters. The van der Waals surface area contributed by atoms with Gasteiger partial charge in [0.15, 0.2) is 17.6 Å². The first-order valence-corrected chi connectivity index (χ1v) is 8.80. The maximum atomic E-state index is 10.5. The van der Waals surface area contributed by atoms with Crippen LogP contribution in [0.3, 0.4) is 0 Å². The first-order valence-electron chi connectivity index (χ1n) is 8.80. The molecule has 23 heavy (non-hydrogen) atoms. The Morgan fingerprint density at radius 3 is 2.91 bits per heavy atom. The lowest BCUT2D eigenvalue weighted by Gasteiger charge is -2.34. The van der Waals surface area contributed by atoms with E-state index < -0.39 is 6.10 Å². The summed E-state index contributed by atoms with van der Waals surface area (Å²) in [5.74, 6) is 1.56. The zero-order chi connectivity index (χ0) is 16.1. The Morgan fingerprint density at radius 1 is 1.30 bits per heavy atom. The predicted molar refractivity (Wildman–Crippen MR) is 90.3 cm³/mol. The Labute approximate surface area is 138 Å². The van der Waals surface area contributed by atoms with Gasteiger partial charge in [0.1, 0.15) is 12.7 Å². The predicted octanol–water partition coefficient (Wildman–Crippen LogP) is 1.44. The van der Waals surface area contributed by atoms with Crippen molar-refractivity contribution in [3.05, 3.63) is 23.8 Å². The lowest BCUT2D eigenvalue weighted by molar-refractivity contribution is -0.0266. The van der Waals surface area contributed by atoms with Gasteiger partial charge in [-0.2, -0.15) is 0 Å². The van der Waals surface area contributed by atoms with Crippen LogP contribution in [0.1, 0.15) is 25.3 Å². The summed E-state index contributed by atoms with van der Waals surface area (Å²) >= 11 is 0. The second-order valence-corrected chi connectivity index (χ2v) is 6.47. The molecule has 128 valence electrons. The van der Waals surface area contributed by atoms with E-state index >= 15 is 0 Å². The molecule has 0 radical (unpaired) electrons. The molecule has 0 spiro atoms. The van der Waals surface area contributed by atoms with Gasteiger partial charge in [-0.05, 0) is 30.5 Å². The third kappa shape index (κ3) is 4.37. The summed E-state index contributed by atoms with van der Waals surface area (Å²) in [6, 6.07) is 6.16. The minimum atomic E-state index is -0.527. The number of β-amino-alcohol motifs (C(OH)–C–C–N with tert-alkyl or cyclic N) is 1. The number of aliphatic hydroxyl groups excluding tert-OH is 1. The molecule has 2 aliphatic heterocycles. The number of hydrogen-bond acceptors (Lipinski definition) is 5. The molecule has 1 saturated heterocycles. The molecule has 2 aliphatic rings. The summed E-state index contributed by atoms with van der Waals surface area (Å²) in [5, 5.41) is 13.8. The van der Waals surface area contributed by atoms with Crippen molar-refractivity contribution < 1.29 is 14.6 Å². The van der Waals surface area contributed by atoms with Crippen LogP contribution in [-0.2, 0) is 6.42 Å². The number of unbranched alkanes of at least 4 members (excludes halogenated alkanes) is 1. The van der Waals surface area contributed by atoms with Crippen molar-refractivity contribution in [2.45, 2.75) is 38.4 Å². The largest absolute Gasteiger partial charge is 0.486 e. The van der Waals surface area contributed by atoms with E-state index in [0.717, 1.165) is 44.1 Å². The number of piperazine rings is 1. The van der Waals surface area contributed by atoms with Crippen LogP contribution in [0.5, 0.6) is 11.5 Å². The van der Waals surface area contributed by atoms with Gasteiger partial charge in [-0.1, -0.05) is 19.4 Å². The SMILES string of the molecule is CCCCc1ccc2c(c1)OC(C(O)CN1CCNCC1)CO2. The van der Waals surface area contributed by atoms with Gasteiger partial charge in [0.2, 0.25) is 0 Å². The van der Waals surface area contributed by atoms with Gasteiger partial charge >= 0.3 is 0 Å². The first kappa shape index (κ1) is 16.6. The highest BCUT2D eigenvalue weighted by molar-refractivity contribution is 5.44. The van der Waals surface area contributed by atoms with Crippen LogP contribution in [-0.4, -0.2) is 61.5 Å². The quantitative estimate of drug-likeness (QED) is 0.831. The number of hydrogen-bond donors (Lipinski definition) is 2. The van der Waals surface area contributed by atoms with Gasteiger partial charge < -0.3 is 19.9 Å². The van der Waals surface area contributed by atoms with E-state index in [4.69, 9.17) is 9.47 Å². The topological polar surface area (TPSA) is 54.0 Å². The number of nitrogens with one attached hydrogen (secondary N) is 1. The van der Waals surface area contributed by atoms with Gasteiger partial charge in [0.05, 0.1) is 0 Å². The monoisotopic (exact) mass is 320 g/mol. The van der Waals surface area contributed by atoms with Crippen molar-refractivity contribution in [2.24, 2.45) is 0 Å². The van der Waals surface area contributed by atoms with Crippen molar-refractivity contribution in [2.75, 3.05) is 39.3 Å². The molecule has 1 fully saturated rings. The number of aliphatic hydroxyl groups is 1. The molecule has 0 bridgehead atoms. The lowest BCUT2D eigenvalue weighted by atomic mass is 10.1. The maximum absolute atomic E-state index is 10.5. The summed E-state index contributed by atoms with van der Waals surface area (Å²) in [6.07, 6.45) is 2.59. The number of nitrogens with zero attached hydrogens (tertiary/aromatic N) is 1. The summed E-state index contributed by atoms with van der Waals surface area (Å²) in [6.45, 7) is 7.16. The van der Waals surface area contributed by atoms with E-state index in [2.05, 4.69) is 29.3 Å². The van der Waals surface area contributed by atoms with Crippen LogP contribution in [0.25, 0.3) is 0 Å². The van der Waals surface area contributed by atoms with Gasteiger partial charge in [-0.25, -0.2) is 0 Å². The number of fused-ring (bicyclic) bond motifs is 1. The molecule has 3 rings (SSSR count). The van der Waals surface area contributed by atoms with Gasteiger partial charge in [-0.3, -0.25) is 4.90 Å². The van der Waals surface area contributed by atoms with Crippen molar-refractivity contribution in [1.29, 1.82) is 0 Å². The molecule has 1 aromatic carbocycles. The first-order chi connectivity index (χ1) is 11.3. The third-order valence-corrected chi connectivity index (χ3v) is 4.59. The average Bonchev–Trinajstić information content (AvgIpc) is 2.60. The fourth-order valence-electron chi connectivity index (χ4n) is 3.13. The van der Waals surface area contributed by atoms with Crippen LogP contribution < -0.4 is 14.8 Å². The highest BCUT2D eigenvalue weighted by atomic mass is 16.6. The zero-order valence-electron chi connectivity index (χ0n) is 14.0. The Morgan fingerprint density at radius 2 is 2.13 bits per heavy atom. The summed E-state index contributed by atoms with van der Waals surface area (Å²) in [5.41, 5.74) is 1.27. The number of ether oxygens (including phenoxy) is 2. The lowest BCUT2D eigenvalue weighted by Crippen LogP contribution is -2.51. The second-order valence-electron chi connectivity index (χ2n) is 6.47. The van der Waals surface area contributed by atoms with E-state index in [1.165, 1.54) is 18.4 Å². The van der Waals surface area contributed by atoms with Crippen molar-refractivity contribution in [1.82, 2.24) is 10.2 Å². The smallest absolute Gasteiger partial charge is 0.162 e. The van der Waals surface area contributed by atoms with Crippen LogP contribution >= 0.6 is 0 Å². The van der Waals surface area contributed by atoms with Crippen molar-refractivity contribution in [3.8, 4) is 11.5 Å². The molecular weight excluding hydrogens is 292 g/mol. The van der Waals surface area contributed by atoms with E-state index in [-0.39, 0.29) is 6.10 Å². The number of rotatable bonds is 6. The van der Waals surface area contributed by atoms with E-state index in [1.807, 2.05) is 6.07 Å². The third-order valence-electron chi connectivity index (χ3n) is 4.59. The molecule has 5 nitrogen and oxygen atoms in total. The van der Waals surface area contributed by atoms with E-state index in [9.17, 15) is 5.11 Å². The van der Waals surface area contributed by atoms with Crippen molar-refractivity contribution in [3.63, 3.8) is 0 Å². The number of aryl methyl sites for hydroxylation is 1. The number of benzene rings is 1. The fraction of sp³-hybridized carbons (Fsp3) is 0.667. The molecule has 5 heteroatoms. The Hall–Kier alpha value is -1.30. The molecule has 0 amide bonds. The average molecular weight is 320 g/mol. The highest BCUT2D eigenvalue weighted by Crippen LogP contribution is 2.33. The zero-order valence-corrected chi connectivity index (χ0v) is 14.0. The standard InChI is InChI=1S/C18H28N2O3/c1-2-3-4-14-5-6-16-17(11-14)23-18(13-22-16)15(21)12-20-9-7-19-8-10-20/h5-6,11,15,18-19,21H,2-4,7-10,12-13H2,1H3. The molecule has 1 aromatic rings. The Balaban J connectivity index is 1.59. The molecule has 2 N–H and O–H groups in total. The van der Waals surface area contributed by atoms with Crippen molar-refractivity contribution >= 4 is 0 Å². The molecule has 2 heterocycles. The van der Waals surface area contributed by atoms with Crippen LogP contribution in [0, 0.1) is 0 Å². The molecular formula is C18H28N2O3. The minimum absolute atomic E-state index is 0.293.